The maximum atomic E-state index is 5.55. The molecule has 0 fully saturated rings. The second-order valence-corrected chi connectivity index (χ2v) is 5.59. The standard InChI is InChI=1S/C16H20BrNO/c1-3-4-5-13-6-8-14(9-7-13)18-12(2)15-10-11-16(17)19-15/h6-12,18H,3-5H2,1-2H3. The Hall–Kier alpha value is -1.22. The Labute approximate surface area is 123 Å². The lowest BCUT2D eigenvalue weighted by Crippen LogP contribution is -2.05. The van der Waals surface area contributed by atoms with Crippen molar-refractivity contribution < 1.29 is 4.42 Å². The highest BCUT2D eigenvalue weighted by Gasteiger charge is 2.09. The van der Waals surface area contributed by atoms with E-state index in [2.05, 4.69) is 59.4 Å². The van der Waals surface area contributed by atoms with E-state index in [0.29, 0.717) is 0 Å². The average Bonchev–Trinajstić information content (AvgIpc) is 2.85. The third-order valence-electron chi connectivity index (χ3n) is 3.18. The van der Waals surface area contributed by atoms with Crippen molar-refractivity contribution in [1.82, 2.24) is 0 Å². The lowest BCUT2D eigenvalue weighted by atomic mass is 10.1. The van der Waals surface area contributed by atoms with Crippen LogP contribution in [0.4, 0.5) is 5.69 Å². The Morgan fingerprint density at radius 2 is 1.89 bits per heavy atom. The molecule has 0 radical (unpaired) electrons. The van der Waals surface area contributed by atoms with Gasteiger partial charge in [-0.3, -0.25) is 0 Å². The fraction of sp³-hybridized carbons (Fsp3) is 0.375. The lowest BCUT2D eigenvalue weighted by molar-refractivity contribution is 0.471. The summed E-state index contributed by atoms with van der Waals surface area (Å²) in [6, 6.07) is 12.7. The van der Waals surface area contributed by atoms with Gasteiger partial charge in [0.15, 0.2) is 4.67 Å². The predicted octanol–water partition coefficient (Wildman–Crippen LogP) is 5.56. The fourth-order valence-electron chi connectivity index (χ4n) is 2.03. The number of hydrogen-bond donors (Lipinski definition) is 1. The Balaban J connectivity index is 1.95. The van der Waals surface area contributed by atoms with E-state index in [1.807, 2.05) is 12.1 Å². The van der Waals surface area contributed by atoms with Gasteiger partial charge in [0.05, 0.1) is 6.04 Å². The van der Waals surface area contributed by atoms with Crippen molar-refractivity contribution in [1.29, 1.82) is 0 Å². The number of furan rings is 1. The van der Waals surface area contributed by atoms with Gasteiger partial charge in [-0.25, -0.2) is 0 Å². The fourth-order valence-corrected chi connectivity index (χ4v) is 2.35. The van der Waals surface area contributed by atoms with Crippen LogP contribution in [0.1, 0.15) is 44.1 Å². The van der Waals surface area contributed by atoms with Gasteiger partial charge >= 0.3 is 0 Å². The summed E-state index contributed by atoms with van der Waals surface area (Å²) < 4.78 is 6.32. The molecule has 1 atom stereocenters. The molecule has 102 valence electrons. The second-order valence-electron chi connectivity index (χ2n) is 4.81. The van der Waals surface area contributed by atoms with Gasteiger partial charge in [-0.05, 0) is 65.5 Å². The molecule has 2 rings (SSSR count). The van der Waals surface area contributed by atoms with Gasteiger partial charge in [0, 0.05) is 5.69 Å². The van der Waals surface area contributed by atoms with Crippen molar-refractivity contribution >= 4 is 21.6 Å². The molecule has 0 amide bonds. The molecule has 1 aromatic heterocycles. The smallest absolute Gasteiger partial charge is 0.169 e. The molecule has 0 saturated carbocycles. The van der Waals surface area contributed by atoms with Gasteiger partial charge in [0.25, 0.3) is 0 Å². The average molecular weight is 322 g/mol. The number of nitrogens with one attached hydrogen (secondary N) is 1. The zero-order valence-corrected chi connectivity index (χ0v) is 13.0. The van der Waals surface area contributed by atoms with Crippen molar-refractivity contribution in [2.24, 2.45) is 0 Å². The zero-order valence-electron chi connectivity index (χ0n) is 11.4. The molecule has 0 aliphatic heterocycles. The topological polar surface area (TPSA) is 25.2 Å². The molecule has 0 aliphatic carbocycles. The van der Waals surface area contributed by atoms with Crippen molar-refractivity contribution in [2.75, 3.05) is 5.32 Å². The van der Waals surface area contributed by atoms with Crippen LogP contribution in [0.3, 0.4) is 0 Å². The maximum absolute atomic E-state index is 5.55. The van der Waals surface area contributed by atoms with E-state index >= 15 is 0 Å². The van der Waals surface area contributed by atoms with Crippen LogP contribution < -0.4 is 5.32 Å². The third-order valence-corrected chi connectivity index (χ3v) is 3.60. The summed E-state index contributed by atoms with van der Waals surface area (Å²) in [4.78, 5) is 0. The molecular weight excluding hydrogens is 302 g/mol. The van der Waals surface area contributed by atoms with E-state index in [0.717, 1.165) is 22.5 Å². The first-order valence-electron chi connectivity index (χ1n) is 6.79. The molecule has 2 nitrogen and oxygen atoms in total. The number of benzene rings is 1. The quantitative estimate of drug-likeness (QED) is 0.753. The lowest BCUT2D eigenvalue weighted by Gasteiger charge is -2.13. The number of anilines is 1. The van der Waals surface area contributed by atoms with Gasteiger partial charge < -0.3 is 9.73 Å². The SMILES string of the molecule is CCCCc1ccc(NC(C)c2ccc(Br)o2)cc1. The Morgan fingerprint density at radius 1 is 1.16 bits per heavy atom. The first kappa shape index (κ1) is 14.2. The molecule has 0 aliphatic rings. The van der Waals surface area contributed by atoms with Gasteiger partial charge in [-0.1, -0.05) is 25.5 Å². The maximum Gasteiger partial charge on any atom is 0.169 e. The molecule has 0 bridgehead atoms. The number of aryl methyl sites for hydroxylation is 1. The predicted molar refractivity (Wildman–Crippen MR) is 83.5 cm³/mol. The molecule has 2 aromatic rings. The number of halogens is 1. The summed E-state index contributed by atoms with van der Waals surface area (Å²) in [5, 5.41) is 3.44. The summed E-state index contributed by atoms with van der Waals surface area (Å²) in [6.07, 6.45) is 3.66. The minimum atomic E-state index is 0.160. The monoisotopic (exact) mass is 321 g/mol. The Morgan fingerprint density at radius 3 is 2.47 bits per heavy atom. The summed E-state index contributed by atoms with van der Waals surface area (Å²) in [5.41, 5.74) is 2.53. The van der Waals surface area contributed by atoms with Crippen molar-refractivity contribution in [2.45, 2.75) is 39.2 Å². The van der Waals surface area contributed by atoms with Gasteiger partial charge in [0.1, 0.15) is 5.76 Å². The summed E-state index contributed by atoms with van der Waals surface area (Å²) in [6.45, 7) is 4.31. The first-order valence-corrected chi connectivity index (χ1v) is 7.59. The van der Waals surface area contributed by atoms with Crippen LogP contribution in [0.2, 0.25) is 0 Å². The van der Waals surface area contributed by atoms with Crippen LogP contribution >= 0.6 is 15.9 Å². The van der Waals surface area contributed by atoms with Crippen LogP contribution in [0.5, 0.6) is 0 Å². The van der Waals surface area contributed by atoms with E-state index in [1.54, 1.807) is 0 Å². The molecule has 3 heteroatoms. The summed E-state index contributed by atoms with van der Waals surface area (Å²) >= 11 is 3.32. The van der Waals surface area contributed by atoms with Gasteiger partial charge in [-0.2, -0.15) is 0 Å². The number of rotatable bonds is 6. The van der Waals surface area contributed by atoms with E-state index in [4.69, 9.17) is 4.42 Å². The third kappa shape index (κ3) is 4.13. The largest absolute Gasteiger partial charge is 0.452 e. The normalized spacial score (nSPS) is 12.4. The van der Waals surface area contributed by atoms with E-state index < -0.39 is 0 Å². The van der Waals surface area contributed by atoms with Crippen LogP contribution in [0.25, 0.3) is 0 Å². The number of hydrogen-bond acceptors (Lipinski definition) is 2. The molecular formula is C16H20BrNO. The molecule has 1 heterocycles. The highest BCUT2D eigenvalue weighted by molar-refractivity contribution is 9.10. The number of unbranched alkanes of at least 4 members (excludes halogenated alkanes) is 1. The van der Waals surface area contributed by atoms with Crippen LogP contribution in [-0.2, 0) is 6.42 Å². The van der Waals surface area contributed by atoms with E-state index in [9.17, 15) is 0 Å². The van der Waals surface area contributed by atoms with Crippen LogP contribution in [0, 0.1) is 0 Å². The molecule has 1 unspecified atom stereocenters. The molecule has 1 aromatic carbocycles. The first-order chi connectivity index (χ1) is 9.19. The van der Waals surface area contributed by atoms with Gasteiger partial charge in [-0.15, -0.1) is 0 Å². The minimum Gasteiger partial charge on any atom is -0.452 e. The minimum absolute atomic E-state index is 0.160. The molecule has 0 saturated heterocycles. The summed E-state index contributed by atoms with van der Waals surface area (Å²) in [5.74, 6) is 0.932. The molecule has 1 N–H and O–H groups in total. The highest BCUT2D eigenvalue weighted by Crippen LogP contribution is 2.24. The van der Waals surface area contributed by atoms with Crippen molar-refractivity contribution in [3.05, 3.63) is 52.4 Å². The zero-order chi connectivity index (χ0) is 13.7. The van der Waals surface area contributed by atoms with E-state index in [1.165, 1.54) is 18.4 Å². The Kier molecular flexibility index (Phi) is 5.08. The van der Waals surface area contributed by atoms with Crippen LogP contribution in [-0.4, -0.2) is 0 Å². The van der Waals surface area contributed by atoms with E-state index in [-0.39, 0.29) is 6.04 Å². The second kappa shape index (κ2) is 6.80. The van der Waals surface area contributed by atoms with Crippen LogP contribution in [0.15, 0.2) is 45.5 Å². The van der Waals surface area contributed by atoms with Gasteiger partial charge in [0.2, 0.25) is 0 Å². The molecule has 19 heavy (non-hydrogen) atoms. The highest BCUT2D eigenvalue weighted by atomic mass is 79.9. The molecule has 0 spiro atoms. The summed E-state index contributed by atoms with van der Waals surface area (Å²) in [7, 11) is 0. The van der Waals surface area contributed by atoms with Crippen molar-refractivity contribution in [3.8, 4) is 0 Å². The van der Waals surface area contributed by atoms with Crippen molar-refractivity contribution in [3.63, 3.8) is 0 Å². The Bertz CT molecular complexity index is 504.